The second-order valence-electron chi connectivity index (χ2n) is 6.03. The Hall–Kier alpha value is -0.570. The van der Waals surface area contributed by atoms with Crippen LogP contribution in [0.25, 0.3) is 0 Å². The van der Waals surface area contributed by atoms with Crippen molar-refractivity contribution in [3.63, 3.8) is 0 Å². The van der Waals surface area contributed by atoms with Crippen molar-refractivity contribution in [1.82, 2.24) is 5.32 Å². The Morgan fingerprint density at radius 3 is 2.78 bits per heavy atom. The Balaban J connectivity index is 1.88. The van der Waals surface area contributed by atoms with Gasteiger partial charge in [0.05, 0.1) is 6.10 Å². The van der Waals surface area contributed by atoms with Crippen LogP contribution in [0.15, 0.2) is 24.3 Å². The highest BCUT2D eigenvalue weighted by Gasteiger charge is 2.47. The Morgan fingerprint density at radius 2 is 2.22 bits per heavy atom. The molecule has 0 spiro atoms. The zero-order valence-electron chi connectivity index (χ0n) is 11.3. The third-order valence-corrected chi connectivity index (χ3v) is 4.37. The average Bonchev–Trinajstić information content (AvgIpc) is 2.28. The van der Waals surface area contributed by atoms with Crippen molar-refractivity contribution in [2.45, 2.75) is 51.8 Å². The molecule has 100 valence electrons. The van der Waals surface area contributed by atoms with Crippen molar-refractivity contribution in [2.75, 3.05) is 0 Å². The maximum absolute atomic E-state index is 9.73. The van der Waals surface area contributed by atoms with E-state index in [0.717, 1.165) is 17.9 Å². The van der Waals surface area contributed by atoms with E-state index in [1.165, 1.54) is 5.56 Å². The number of nitrogens with one attached hydrogen (secondary N) is 1. The van der Waals surface area contributed by atoms with Crippen molar-refractivity contribution in [3.8, 4) is 0 Å². The summed E-state index contributed by atoms with van der Waals surface area (Å²) >= 11 is 5.98. The molecular formula is C15H22ClNO. The summed E-state index contributed by atoms with van der Waals surface area (Å²) in [5, 5.41) is 14.1. The maximum Gasteiger partial charge on any atom is 0.0621 e. The fourth-order valence-corrected chi connectivity index (χ4v) is 2.82. The summed E-state index contributed by atoms with van der Waals surface area (Å²) in [4.78, 5) is 0. The summed E-state index contributed by atoms with van der Waals surface area (Å²) in [5.74, 6) is 0. The fraction of sp³-hybridized carbons (Fsp3) is 0.600. The molecule has 0 amide bonds. The number of aliphatic hydroxyl groups excluding tert-OH is 1. The second-order valence-corrected chi connectivity index (χ2v) is 6.46. The third kappa shape index (κ3) is 2.87. The smallest absolute Gasteiger partial charge is 0.0621 e. The molecule has 3 atom stereocenters. The first-order valence-corrected chi connectivity index (χ1v) is 6.96. The molecule has 0 bridgehead atoms. The molecule has 2 nitrogen and oxygen atoms in total. The van der Waals surface area contributed by atoms with Gasteiger partial charge in [0.1, 0.15) is 0 Å². The monoisotopic (exact) mass is 267 g/mol. The number of hydrogen-bond acceptors (Lipinski definition) is 2. The molecule has 0 radical (unpaired) electrons. The van der Waals surface area contributed by atoms with Crippen LogP contribution in [-0.2, 0) is 6.42 Å². The van der Waals surface area contributed by atoms with Gasteiger partial charge in [0.25, 0.3) is 0 Å². The van der Waals surface area contributed by atoms with Crippen molar-refractivity contribution in [1.29, 1.82) is 0 Å². The van der Waals surface area contributed by atoms with Crippen LogP contribution in [0.1, 0.15) is 32.8 Å². The summed E-state index contributed by atoms with van der Waals surface area (Å²) in [6, 6.07) is 8.79. The summed E-state index contributed by atoms with van der Waals surface area (Å²) in [6.07, 6.45) is 1.64. The van der Waals surface area contributed by atoms with Gasteiger partial charge in [0.2, 0.25) is 0 Å². The Bertz CT molecular complexity index is 419. The van der Waals surface area contributed by atoms with Crippen LogP contribution >= 0.6 is 11.6 Å². The van der Waals surface area contributed by atoms with E-state index in [2.05, 4.69) is 32.2 Å². The van der Waals surface area contributed by atoms with E-state index in [1.54, 1.807) is 0 Å². The van der Waals surface area contributed by atoms with Crippen LogP contribution in [0.4, 0.5) is 0 Å². The first-order chi connectivity index (χ1) is 8.39. The largest absolute Gasteiger partial charge is 0.392 e. The van der Waals surface area contributed by atoms with Crippen LogP contribution in [0.3, 0.4) is 0 Å². The topological polar surface area (TPSA) is 32.3 Å². The van der Waals surface area contributed by atoms with Gasteiger partial charge in [-0.15, -0.1) is 0 Å². The SMILES string of the molecule is CC(Cc1cccc(Cl)c1)NC1CC(O)C1(C)C. The molecule has 2 rings (SSSR count). The van der Waals surface area contributed by atoms with E-state index >= 15 is 0 Å². The van der Waals surface area contributed by atoms with Gasteiger partial charge in [-0.25, -0.2) is 0 Å². The van der Waals surface area contributed by atoms with E-state index in [1.807, 2.05) is 18.2 Å². The van der Waals surface area contributed by atoms with Crippen molar-refractivity contribution < 1.29 is 5.11 Å². The van der Waals surface area contributed by atoms with Gasteiger partial charge in [-0.1, -0.05) is 37.6 Å². The fourth-order valence-electron chi connectivity index (χ4n) is 2.61. The normalized spacial score (nSPS) is 27.6. The van der Waals surface area contributed by atoms with Crippen LogP contribution < -0.4 is 5.32 Å². The lowest BCUT2D eigenvalue weighted by atomic mass is 9.64. The average molecular weight is 268 g/mol. The Kier molecular flexibility index (Phi) is 4.00. The van der Waals surface area contributed by atoms with Crippen LogP contribution in [0, 0.1) is 5.41 Å². The predicted molar refractivity (Wildman–Crippen MR) is 75.9 cm³/mol. The molecule has 1 saturated carbocycles. The summed E-state index contributed by atoms with van der Waals surface area (Å²) in [5.41, 5.74) is 1.24. The molecular weight excluding hydrogens is 246 g/mol. The predicted octanol–water partition coefficient (Wildman–Crippen LogP) is 3.02. The molecule has 1 aliphatic rings. The van der Waals surface area contributed by atoms with Gasteiger partial charge >= 0.3 is 0 Å². The lowest BCUT2D eigenvalue weighted by molar-refractivity contribution is -0.0752. The number of rotatable bonds is 4. The number of hydrogen-bond donors (Lipinski definition) is 2. The van der Waals surface area contributed by atoms with Crippen molar-refractivity contribution in [2.24, 2.45) is 5.41 Å². The van der Waals surface area contributed by atoms with Gasteiger partial charge in [0, 0.05) is 22.5 Å². The molecule has 2 N–H and O–H groups in total. The first-order valence-electron chi connectivity index (χ1n) is 6.58. The molecule has 1 aromatic rings. The van der Waals surface area contributed by atoms with Gasteiger partial charge in [-0.3, -0.25) is 0 Å². The van der Waals surface area contributed by atoms with Crippen LogP contribution in [0.5, 0.6) is 0 Å². The molecule has 0 heterocycles. The highest BCUT2D eigenvalue weighted by Crippen LogP contribution is 2.40. The summed E-state index contributed by atoms with van der Waals surface area (Å²) in [7, 11) is 0. The van der Waals surface area contributed by atoms with Crippen molar-refractivity contribution in [3.05, 3.63) is 34.9 Å². The minimum atomic E-state index is -0.173. The molecule has 1 fully saturated rings. The van der Waals surface area contributed by atoms with Gasteiger partial charge < -0.3 is 10.4 Å². The quantitative estimate of drug-likeness (QED) is 0.879. The van der Waals surface area contributed by atoms with E-state index in [0.29, 0.717) is 12.1 Å². The molecule has 3 unspecified atom stereocenters. The van der Waals surface area contributed by atoms with E-state index in [9.17, 15) is 5.11 Å². The first kappa shape index (κ1) is 13.9. The van der Waals surface area contributed by atoms with Gasteiger partial charge in [0.15, 0.2) is 0 Å². The van der Waals surface area contributed by atoms with Crippen molar-refractivity contribution >= 4 is 11.6 Å². The van der Waals surface area contributed by atoms with E-state index < -0.39 is 0 Å². The molecule has 3 heteroatoms. The van der Waals surface area contributed by atoms with Gasteiger partial charge in [-0.2, -0.15) is 0 Å². The molecule has 0 saturated heterocycles. The zero-order valence-corrected chi connectivity index (χ0v) is 12.0. The molecule has 0 aliphatic heterocycles. The Labute approximate surface area is 114 Å². The van der Waals surface area contributed by atoms with E-state index in [-0.39, 0.29) is 11.5 Å². The highest BCUT2D eigenvalue weighted by atomic mass is 35.5. The third-order valence-electron chi connectivity index (χ3n) is 4.13. The molecule has 0 aromatic heterocycles. The standard InChI is InChI=1S/C15H22ClNO/c1-10(7-11-5-4-6-12(16)8-11)17-13-9-14(18)15(13,2)3/h4-6,8,10,13-14,17-18H,7,9H2,1-3H3. The molecule has 1 aliphatic carbocycles. The van der Waals surface area contributed by atoms with E-state index in [4.69, 9.17) is 11.6 Å². The van der Waals surface area contributed by atoms with Gasteiger partial charge in [-0.05, 0) is 37.5 Å². The highest BCUT2D eigenvalue weighted by molar-refractivity contribution is 6.30. The number of aliphatic hydroxyl groups is 1. The minimum Gasteiger partial charge on any atom is -0.392 e. The lowest BCUT2D eigenvalue weighted by Crippen LogP contribution is -2.61. The maximum atomic E-state index is 9.73. The molecule has 1 aromatic carbocycles. The van der Waals surface area contributed by atoms with Crippen LogP contribution in [0.2, 0.25) is 5.02 Å². The summed E-state index contributed by atoms with van der Waals surface area (Å²) in [6.45, 7) is 6.41. The number of benzene rings is 1. The second kappa shape index (κ2) is 5.20. The number of halogens is 1. The lowest BCUT2D eigenvalue weighted by Gasteiger charge is -2.50. The minimum absolute atomic E-state index is 0.0113. The molecule has 18 heavy (non-hydrogen) atoms. The summed E-state index contributed by atoms with van der Waals surface area (Å²) < 4.78 is 0. The zero-order chi connectivity index (χ0) is 13.3. The van der Waals surface area contributed by atoms with Crippen LogP contribution in [-0.4, -0.2) is 23.3 Å². The Morgan fingerprint density at radius 1 is 1.50 bits per heavy atom.